The quantitative estimate of drug-likeness (QED) is 0.518. The number of nitrogens with two attached hydrogens (primary N) is 1. The Balaban J connectivity index is 2.25. The highest BCUT2D eigenvalue weighted by atomic mass is 35.5. The first-order valence-corrected chi connectivity index (χ1v) is 7.20. The molecule has 1 aromatic heterocycles. The summed E-state index contributed by atoms with van der Waals surface area (Å²) >= 11 is 7.12. The van der Waals surface area contributed by atoms with Crippen LogP contribution in [0.25, 0.3) is 0 Å². The Morgan fingerprint density at radius 3 is 2.70 bits per heavy atom. The second-order valence-electron chi connectivity index (χ2n) is 4.01. The molecule has 0 radical (unpaired) electrons. The third-order valence-electron chi connectivity index (χ3n) is 2.54. The Kier molecular flexibility index (Phi) is 4.81. The molecule has 0 unspecified atom stereocenters. The van der Waals surface area contributed by atoms with Gasteiger partial charge in [-0.2, -0.15) is 4.68 Å². The molecule has 1 heterocycles. The van der Waals surface area contributed by atoms with Crippen LogP contribution >= 0.6 is 23.4 Å². The number of benzene rings is 1. The molecule has 7 heteroatoms. The second-order valence-corrected chi connectivity index (χ2v) is 5.43. The highest BCUT2D eigenvalue weighted by molar-refractivity contribution is 7.99. The Bertz CT molecular complexity index is 669. The average molecular weight is 309 g/mol. The summed E-state index contributed by atoms with van der Waals surface area (Å²) in [6.07, 6.45) is 2.07. The number of hydrogen-bond donors (Lipinski definition) is 1. The minimum Gasteiger partial charge on any atom is -0.334 e. The highest BCUT2D eigenvalue weighted by Crippen LogP contribution is 2.13. The zero-order valence-corrected chi connectivity index (χ0v) is 12.2. The molecule has 0 amide bonds. The van der Waals surface area contributed by atoms with E-state index in [0.29, 0.717) is 28.0 Å². The van der Waals surface area contributed by atoms with Crippen LogP contribution in [0.2, 0.25) is 5.02 Å². The fourth-order valence-corrected chi connectivity index (χ4v) is 2.27. The normalized spacial score (nSPS) is 10.4. The predicted octanol–water partition coefficient (Wildman–Crippen LogP) is 1.87. The Morgan fingerprint density at radius 2 is 2.05 bits per heavy atom. The first-order chi connectivity index (χ1) is 9.61. The van der Waals surface area contributed by atoms with Crippen LogP contribution in [0, 0.1) is 0 Å². The maximum Gasteiger partial charge on any atom is 0.294 e. The maximum atomic E-state index is 12.1. The van der Waals surface area contributed by atoms with Gasteiger partial charge in [0.05, 0.1) is 0 Å². The van der Waals surface area contributed by atoms with Crippen LogP contribution < -0.4 is 11.4 Å². The molecule has 20 heavy (non-hydrogen) atoms. The van der Waals surface area contributed by atoms with Crippen LogP contribution in [-0.4, -0.2) is 20.6 Å². The van der Waals surface area contributed by atoms with Crippen LogP contribution in [0.1, 0.15) is 11.3 Å². The Labute approximate surface area is 125 Å². The molecule has 5 nitrogen and oxygen atoms in total. The third-order valence-corrected chi connectivity index (χ3v) is 3.73. The molecular weight excluding hydrogens is 296 g/mol. The SMILES string of the molecule is C=CCSc1nnc(Cc2ccc(Cl)cc2)c(=O)n1N. The molecule has 0 aliphatic carbocycles. The summed E-state index contributed by atoms with van der Waals surface area (Å²) in [5, 5.41) is 8.94. The molecule has 0 bridgehead atoms. The fraction of sp³-hybridized carbons (Fsp3) is 0.154. The van der Waals surface area contributed by atoms with E-state index in [0.717, 1.165) is 10.2 Å². The minimum absolute atomic E-state index is 0.303. The van der Waals surface area contributed by atoms with E-state index in [-0.39, 0.29) is 5.56 Å². The molecule has 1 aromatic carbocycles. The van der Waals surface area contributed by atoms with Crippen molar-refractivity contribution in [2.75, 3.05) is 11.6 Å². The first kappa shape index (κ1) is 14.6. The Morgan fingerprint density at radius 1 is 1.35 bits per heavy atom. The molecule has 0 fully saturated rings. The number of nitrogens with zero attached hydrogens (tertiary/aromatic N) is 3. The number of nitrogen functional groups attached to an aromatic ring is 1. The molecule has 0 aliphatic heterocycles. The second kappa shape index (κ2) is 6.58. The van der Waals surface area contributed by atoms with Crippen molar-refractivity contribution in [3.05, 3.63) is 63.6 Å². The van der Waals surface area contributed by atoms with Gasteiger partial charge in [0.2, 0.25) is 5.16 Å². The number of rotatable bonds is 5. The van der Waals surface area contributed by atoms with Gasteiger partial charge in [0.25, 0.3) is 5.56 Å². The van der Waals surface area contributed by atoms with E-state index in [4.69, 9.17) is 17.4 Å². The van der Waals surface area contributed by atoms with Crippen LogP contribution in [0.15, 0.2) is 46.9 Å². The largest absolute Gasteiger partial charge is 0.334 e. The highest BCUT2D eigenvalue weighted by Gasteiger charge is 2.10. The topological polar surface area (TPSA) is 73.8 Å². The van der Waals surface area contributed by atoms with E-state index in [1.165, 1.54) is 11.8 Å². The molecule has 0 saturated carbocycles. The van der Waals surface area contributed by atoms with E-state index in [2.05, 4.69) is 16.8 Å². The lowest BCUT2D eigenvalue weighted by Gasteiger charge is -2.06. The molecular formula is C13H13ClN4OS. The van der Waals surface area contributed by atoms with E-state index in [9.17, 15) is 4.79 Å². The van der Waals surface area contributed by atoms with Crippen molar-refractivity contribution in [1.82, 2.24) is 14.9 Å². The minimum atomic E-state index is -0.346. The van der Waals surface area contributed by atoms with Crippen molar-refractivity contribution in [2.45, 2.75) is 11.6 Å². The van der Waals surface area contributed by atoms with Gasteiger partial charge in [-0.25, -0.2) is 0 Å². The van der Waals surface area contributed by atoms with Gasteiger partial charge in [-0.1, -0.05) is 41.6 Å². The van der Waals surface area contributed by atoms with Crippen LogP contribution in [0.3, 0.4) is 0 Å². The molecule has 104 valence electrons. The van der Waals surface area contributed by atoms with Crippen molar-refractivity contribution in [1.29, 1.82) is 0 Å². The van der Waals surface area contributed by atoms with Crippen molar-refractivity contribution in [3.63, 3.8) is 0 Å². The van der Waals surface area contributed by atoms with E-state index < -0.39 is 0 Å². The van der Waals surface area contributed by atoms with Gasteiger partial charge in [0.15, 0.2) is 0 Å². The van der Waals surface area contributed by atoms with Gasteiger partial charge in [-0.3, -0.25) is 4.79 Å². The lowest BCUT2D eigenvalue weighted by Crippen LogP contribution is -2.33. The zero-order valence-electron chi connectivity index (χ0n) is 10.6. The monoisotopic (exact) mass is 308 g/mol. The number of halogens is 1. The first-order valence-electron chi connectivity index (χ1n) is 5.83. The predicted molar refractivity (Wildman–Crippen MR) is 81.6 cm³/mol. The van der Waals surface area contributed by atoms with Gasteiger partial charge in [0.1, 0.15) is 5.69 Å². The summed E-state index contributed by atoms with van der Waals surface area (Å²) < 4.78 is 1.02. The molecule has 2 rings (SSSR count). The third kappa shape index (κ3) is 3.40. The van der Waals surface area contributed by atoms with Crippen molar-refractivity contribution < 1.29 is 0 Å². The van der Waals surface area contributed by atoms with Gasteiger partial charge in [-0.05, 0) is 17.7 Å². The van der Waals surface area contributed by atoms with Crippen molar-refractivity contribution >= 4 is 23.4 Å². The Hall–Kier alpha value is -1.79. The van der Waals surface area contributed by atoms with Gasteiger partial charge < -0.3 is 5.84 Å². The van der Waals surface area contributed by atoms with Crippen LogP contribution in [0.5, 0.6) is 0 Å². The molecule has 2 aromatic rings. The molecule has 2 N–H and O–H groups in total. The fourth-order valence-electron chi connectivity index (χ4n) is 1.56. The molecule has 0 spiro atoms. The summed E-state index contributed by atoms with van der Waals surface area (Å²) in [5.41, 5.74) is 0.881. The van der Waals surface area contributed by atoms with Crippen molar-refractivity contribution in [3.8, 4) is 0 Å². The summed E-state index contributed by atoms with van der Waals surface area (Å²) in [5.74, 6) is 6.34. The zero-order chi connectivity index (χ0) is 14.5. The van der Waals surface area contributed by atoms with Gasteiger partial charge >= 0.3 is 0 Å². The lowest BCUT2D eigenvalue weighted by atomic mass is 10.1. The number of thioether (sulfide) groups is 1. The van der Waals surface area contributed by atoms with Gasteiger partial charge in [0, 0.05) is 17.2 Å². The van der Waals surface area contributed by atoms with Crippen molar-refractivity contribution in [2.24, 2.45) is 0 Å². The summed E-state index contributed by atoms with van der Waals surface area (Å²) in [6.45, 7) is 3.60. The molecule has 0 aliphatic rings. The van der Waals surface area contributed by atoms with Gasteiger partial charge in [-0.15, -0.1) is 16.8 Å². The summed E-state index contributed by atoms with van der Waals surface area (Å²) in [4.78, 5) is 12.1. The van der Waals surface area contributed by atoms with Crippen LogP contribution in [-0.2, 0) is 6.42 Å². The summed E-state index contributed by atoms with van der Waals surface area (Å²) in [7, 11) is 0. The standard InChI is InChI=1S/C13H13ClN4OS/c1-2-7-20-13-17-16-11(12(19)18(13)15)8-9-3-5-10(14)6-4-9/h2-6H,1,7-8,15H2. The number of aromatic nitrogens is 3. The number of hydrogen-bond acceptors (Lipinski definition) is 5. The van der Waals surface area contributed by atoms with Crippen LogP contribution in [0.4, 0.5) is 0 Å². The average Bonchev–Trinajstić information content (AvgIpc) is 2.45. The summed E-state index contributed by atoms with van der Waals surface area (Å²) in [6, 6.07) is 7.20. The van der Waals surface area contributed by atoms with E-state index >= 15 is 0 Å². The van der Waals surface area contributed by atoms with E-state index in [1.807, 2.05) is 12.1 Å². The van der Waals surface area contributed by atoms with E-state index in [1.54, 1.807) is 18.2 Å². The molecule has 0 atom stereocenters. The molecule has 0 saturated heterocycles. The maximum absolute atomic E-state index is 12.1. The smallest absolute Gasteiger partial charge is 0.294 e. The lowest BCUT2D eigenvalue weighted by molar-refractivity contribution is 0.673.